The number of rotatable bonds is 3. The monoisotopic (exact) mass is 284 g/mol. The summed E-state index contributed by atoms with van der Waals surface area (Å²) in [4.78, 5) is 24.9. The highest BCUT2D eigenvalue weighted by atomic mass is 19.2. The number of carboxylic acids is 1. The van der Waals surface area contributed by atoms with E-state index in [1.165, 1.54) is 0 Å². The van der Waals surface area contributed by atoms with Crippen LogP contribution in [0.3, 0.4) is 0 Å². The van der Waals surface area contributed by atoms with Crippen molar-refractivity contribution in [3.63, 3.8) is 0 Å². The van der Waals surface area contributed by atoms with Crippen LogP contribution >= 0.6 is 0 Å². The van der Waals surface area contributed by atoms with Crippen LogP contribution in [0, 0.1) is 17.6 Å². The minimum Gasteiger partial charge on any atom is -0.478 e. The number of likely N-dealkylation sites (tertiary alicyclic amines) is 1. The molecule has 1 saturated heterocycles. The van der Waals surface area contributed by atoms with Crippen molar-refractivity contribution in [1.82, 2.24) is 4.90 Å². The average Bonchev–Trinajstić information content (AvgIpc) is 2.80. The van der Waals surface area contributed by atoms with Gasteiger partial charge in [0.1, 0.15) is 0 Å². The number of benzene rings is 1. The summed E-state index contributed by atoms with van der Waals surface area (Å²) in [5.41, 5.74) is -0.695. The van der Waals surface area contributed by atoms with Crippen LogP contribution in [-0.2, 0) is 4.79 Å². The molecule has 108 valence electrons. The first kappa shape index (κ1) is 14.4. The van der Waals surface area contributed by atoms with Gasteiger partial charge in [0.25, 0.3) is 0 Å². The fourth-order valence-electron chi connectivity index (χ4n) is 2.21. The lowest BCUT2D eigenvalue weighted by Crippen LogP contribution is -2.26. The second-order valence-electron chi connectivity index (χ2n) is 4.85. The third kappa shape index (κ3) is 2.93. The number of anilines is 1. The molecule has 1 atom stereocenters. The summed E-state index contributed by atoms with van der Waals surface area (Å²) >= 11 is 0. The van der Waals surface area contributed by atoms with Gasteiger partial charge < -0.3 is 15.3 Å². The molecule has 7 heteroatoms. The molecule has 1 aliphatic rings. The first-order valence-corrected chi connectivity index (χ1v) is 6.10. The van der Waals surface area contributed by atoms with Crippen LogP contribution in [0.25, 0.3) is 0 Å². The molecule has 2 rings (SSSR count). The summed E-state index contributed by atoms with van der Waals surface area (Å²) < 4.78 is 26.2. The van der Waals surface area contributed by atoms with Crippen LogP contribution < -0.4 is 5.32 Å². The van der Waals surface area contributed by atoms with Crippen molar-refractivity contribution in [3.8, 4) is 0 Å². The Balaban J connectivity index is 2.22. The Morgan fingerprint density at radius 1 is 1.35 bits per heavy atom. The first-order chi connectivity index (χ1) is 9.38. The number of carbonyl (C=O) groups is 2. The molecule has 0 radical (unpaired) electrons. The maximum absolute atomic E-state index is 13.2. The van der Waals surface area contributed by atoms with Crippen molar-refractivity contribution in [1.29, 1.82) is 0 Å². The fourth-order valence-corrected chi connectivity index (χ4v) is 2.21. The molecule has 0 bridgehead atoms. The van der Waals surface area contributed by atoms with Gasteiger partial charge in [0, 0.05) is 12.6 Å². The second-order valence-corrected chi connectivity index (χ2v) is 4.85. The van der Waals surface area contributed by atoms with Crippen molar-refractivity contribution in [2.45, 2.75) is 6.42 Å². The quantitative estimate of drug-likeness (QED) is 0.883. The van der Waals surface area contributed by atoms with Gasteiger partial charge in [-0.2, -0.15) is 0 Å². The molecule has 0 aromatic heterocycles. The number of carboxylic acid groups (broad SMARTS) is 1. The Kier molecular flexibility index (Phi) is 3.99. The van der Waals surface area contributed by atoms with E-state index in [0.717, 1.165) is 6.54 Å². The SMILES string of the molecule is CN1CCC(C(=O)Nc2cc(F)c(F)cc2C(=O)O)C1. The standard InChI is InChI=1S/C13H14F2N2O3/c1-17-3-2-7(6-17)12(18)16-11-5-10(15)9(14)4-8(11)13(19)20/h4-5,7H,2-3,6H2,1H3,(H,16,18)(H,19,20). The zero-order chi connectivity index (χ0) is 14.9. The maximum Gasteiger partial charge on any atom is 0.337 e. The van der Waals surface area contributed by atoms with Gasteiger partial charge in [-0.3, -0.25) is 4.79 Å². The van der Waals surface area contributed by atoms with Crippen molar-refractivity contribution < 1.29 is 23.5 Å². The van der Waals surface area contributed by atoms with Gasteiger partial charge in [0.15, 0.2) is 11.6 Å². The van der Waals surface area contributed by atoms with Gasteiger partial charge in [-0.1, -0.05) is 0 Å². The average molecular weight is 284 g/mol. The number of hydrogen-bond acceptors (Lipinski definition) is 3. The van der Waals surface area contributed by atoms with Crippen LogP contribution in [-0.4, -0.2) is 42.0 Å². The lowest BCUT2D eigenvalue weighted by Gasteiger charge is -2.13. The molecular weight excluding hydrogens is 270 g/mol. The largest absolute Gasteiger partial charge is 0.478 e. The molecule has 1 aliphatic heterocycles. The van der Waals surface area contributed by atoms with Crippen molar-refractivity contribution in [2.24, 2.45) is 5.92 Å². The van der Waals surface area contributed by atoms with Crippen molar-refractivity contribution in [3.05, 3.63) is 29.3 Å². The highest BCUT2D eigenvalue weighted by Crippen LogP contribution is 2.22. The fraction of sp³-hybridized carbons (Fsp3) is 0.385. The number of nitrogens with one attached hydrogen (secondary N) is 1. The van der Waals surface area contributed by atoms with E-state index >= 15 is 0 Å². The lowest BCUT2D eigenvalue weighted by molar-refractivity contribution is -0.119. The van der Waals surface area contributed by atoms with Crippen molar-refractivity contribution in [2.75, 3.05) is 25.5 Å². The maximum atomic E-state index is 13.2. The highest BCUT2D eigenvalue weighted by Gasteiger charge is 2.27. The van der Waals surface area contributed by atoms with Gasteiger partial charge >= 0.3 is 5.97 Å². The molecule has 1 unspecified atom stereocenters. The minimum absolute atomic E-state index is 0.226. The normalized spacial score (nSPS) is 19.1. The molecule has 1 heterocycles. The molecule has 0 aliphatic carbocycles. The summed E-state index contributed by atoms with van der Waals surface area (Å²) in [6, 6.07) is 1.25. The number of amides is 1. The molecule has 0 saturated carbocycles. The predicted molar refractivity (Wildman–Crippen MR) is 67.6 cm³/mol. The van der Waals surface area contributed by atoms with E-state index in [0.29, 0.717) is 25.1 Å². The minimum atomic E-state index is -1.43. The first-order valence-electron chi connectivity index (χ1n) is 6.10. The molecule has 1 aromatic carbocycles. The van der Waals surface area contributed by atoms with Crippen molar-refractivity contribution >= 4 is 17.6 Å². The molecule has 20 heavy (non-hydrogen) atoms. The summed E-state index contributed by atoms with van der Waals surface area (Å²) in [5, 5.41) is 11.3. The summed E-state index contributed by atoms with van der Waals surface area (Å²) in [6.45, 7) is 1.32. The van der Waals surface area contributed by atoms with Gasteiger partial charge in [0.05, 0.1) is 17.2 Å². The molecule has 0 spiro atoms. The topological polar surface area (TPSA) is 69.6 Å². The molecule has 5 nitrogen and oxygen atoms in total. The van der Waals surface area contributed by atoms with Crippen LogP contribution in [0.4, 0.5) is 14.5 Å². The Hall–Kier alpha value is -2.02. The second kappa shape index (κ2) is 5.54. The molecule has 1 amide bonds. The van der Waals surface area contributed by atoms with E-state index in [9.17, 15) is 18.4 Å². The van der Waals surface area contributed by atoms with E-state index in [1.54, 1.807) is 0 Å². The third-order valence-electron chi connectivity index (χ3n) is 3.31. The van der Waals surface area contributed by atoms with Gasteiger partial charge in [-0.15, -0.1) is 0 Å². The zero-order valence-electron chi connectivity index (χ0n) is 10.8. The Labute approximate surface area is 114 Å². The van der Waals surface area contributed by atoms with Gasteiger partial charge in [-0.05, 0) is 26.1 Å². The Morgan fingerprint density at radius 3 is 2.55 bits per heavy atom. The number of nitrogens with zero attached hydrogens (tertiary/aromatic N) is 1. The summed E-state index contributed by atoms with van der Waals surface area (Å²) in [6.07, 6.45) is 0.647. The summed E-state index contributed by atoms with van der Waals surface area (Å²) in [7, 11) is 1.87. The zero-order valence-corrected chi connectivity index (χ0v) is 10.8. The number of carbonyl (C=O) groups excluding carboxylic acids is 1. The van der Waals surface area contributed by atoms with E-state index in [4.69, 9.17) is 5.11 Å². The van der Waals surface area contributed by atoms with E-state index < -0.39 is 23.2 Å². The number of halogens is 2. The van der Waals surface area contributed by atoms with Crippen LogP contribution in [0.1, 0.15) is 16.8 Å². The van der Waals surface area contributed by atoms with Crippen LogP contribution in [0.15, 0.2) is 12.1 Å². The van der Waals surface area contributed by atoms with Crippen LogP contribution in [0.5, 0.6) is 0 Å². The van der Waals surface area contributed by atoms with Gasteiger partial charge in [-0.25, -0.2) is 13.6 Å². The molecule has 1 aromatic rings. The van der Waals surface area contributed by atoms with Gasteiger partial charge in [0.2, 0.25) is 5.91 Å². The predicted octanol–water partition coefficient (Wildman–Crippen LogP) is 1.55. The Bertz CT molecular complexity index is 563. The number of aromatic carboxylic acids is 1. The van der Waals surface area contributed by atoms with Crippen LogP contribution in [0.2, 0.25) is 0 Å². The van der Waals surface area contributed by atoms with E-state index in [2.05, 4.69) is 5.32 Å². The summed E-state index contributed by atoms with van der Waals surface area (Å²) in [5.74, 6) is -4.56. The molecule has 1 fully saturated rings. The van der Waals surface area contributed by atoms with E-state index in [-0.39, 0.29) is 17.5 Å². The Morgan fingerprint density at radius 2 is 2.00 bits per heavy atom. The number of hydrogen-bond donors (Lipinski definition) is 2. The molecular formula is C13H14F2N2O3. The highest BCUT2D eigenvalue weighted by molar-refractivity contribution is 6.01. The van der Waals surface area contributed by atoms with E-state index in [1.807, 2.05) is 11.9 Å². The molecule has 2 N–H and O–H groups in total. The third-order valence-corrected chi connectivity index (χ3v) is 3.31. The smallest absolute Gasteiger partial charge is 0.337 e. The lowest BCUT2D eigenvalue weighted by atomic mass is 10.1.